The van der Waals surface area contributed by atoms with Crippen molar-refractivity contribution in [3.05, 3.63) is 29.6 Å². The highest BCUT2D eigenvalue weighted by molar-refractivity contribution is 14.1. The second-order valence-electron chi connectivity index (χ2n) is 5.51. The zero-order chi connectivity index (χ0) is 17.7. The van der Waals surface area contributed by atoms with Crippen LogP contribution in [0.4, 0.5) is 10.1 Å². The molecule has 0 bridgehead atoms. The molecule has 1 amide bonds. The fourth-order valence-electron chi connectivity index (χ4n) is 2.36. The molecule has 2 atom stereocenters. The summed E-state index contributed by atoms with van der Waals surface area (Å²) in [5.74, 6) is 1.43. The lowest BCUT2D eigenvalue weighted by Crippen LogP contribution is -2.30. The number of hydrogen-bond acceptors (Lipinski definition) is 6. The van der Waals surface area contributed by atoms with Crippen molar-refractivity contribution in [3.63, 3.8) is 0 Å². The van der Waals surface area contributed by atoms with Crippen LogP contribution in [0.15, 0.2) is 23.2 Å². The van der Waals surface area contributed by atoms with Crippen molar-refractivity contribution in [2.45, 2.75) is 22.8 Å². The van der Waals surface area contributed by atoms with E-state index in [1.807, 2.05) is 6.92 Å². The Kier molecular flexibility index (Phi) is 7.20. The SMILES string of the molecule is CC1(c2cc(NC(=O)C(I)CSCN)ccc2F)CCSC(N)=N1. The van der Waals surface area contributed by atoms with Crippen LogP contribution < -0.4 is 16.8 Å². The van der Waals surface area contributed by atoms with E-state index in [0.717, 1.165) is 5.75 Å². The molecule has 2 unspecified atom stereocenters. The quantitative estimate of drug-likeness (QED) is 0.330. The molecule has 9 heteroatoms. The fourth-order valence-corrected chi connectivity index (χ4v) is 4.75. The number of nitrogens with one attached hydrogen (secondary N) is 1. The molecule has 2 rings (SSSR count). The predicted molar refractivity (Wildman–Crippen MR) is 110 cm³/mol. The molecule has 0 aliphatic carbocycles. The maximum absolute atomic E-state index is 14.3. The van der Waals surface area contributed by atoms with Gasteiger partial charge in [0.25, 0.3) is 0 Å². The van der Waals surface area contributed by atoms with Crippen LogP contribution in [0.5, 0.6) is 0 Å². The molecule has 5 nitrogen and oxygen atoms in total. The Balaban J connectivity index is 2.20. The Morgan fingerprint density at radius 3 is 3.04 bits per heavy atom. The molecular formula is C15H20FIN4OS2. The van der Waals surface area contributed by atoms with Crippen molar-refractivity contribution in [1.82, 2.24) is 0 Å². The van der Waals surface area contributed by atoms with Gasteiger partial charge in [0.2, 0.25) is 5.91 Å². The molecule has 1 aliphatic rings. The minimum absolute atomic E-state index is 0.124. The van der Waals surface area contributed by atoms with Crippen LogP contribution >= 0.6 is 46.1 Å². The fraction of sp³-hybridized carbons (Fsp3) is 0.467. The zero-order valence-corrected chi connectivity index (χ0v) is 17.0. The van der Waals surface area contributed by atoms with Gasteiger partial charge >= 0.3 is 0 Å². The van der Waals surface area contributed by atoms with Crippen molar-refractivity contribution in [2.24, 2.45) is 16.5 Å². The second-order valence-corrected chi connectivity index (χ2v) is 9.20. The smallest absolute Gasteiger partial charge is 0.238 e. The second kappa shape index (κ2) is 8.72. The van der Waals surface area contributed by atoms with Crippen LogP contribution in [0.3, 0.4) is 0 Å². The van der Waals surface area contributed by atoms with Crippen LogP contribution in [0.25, 0.3) is 0 Å². The third-order valence-corrected chi connectivity index (χ3v) is 6.88. The maximum atomic E-state index is 14.3. The lowest BCUT2D eigenvalue weighted by Gasteiger charge is -2.30. The number of hydrogen-bond donors (Lipinski definition) is 3. The molecule has 5 N–H and O–H groups in total. The summed E-state index contributed by atoms with van der Waals surface area (Å²) in [6, 6.07) is 4.57. The van der Waals surface area contributed by atoms with Gasteiger partial charge in [-0.1, -0.05) is 34.4 Å². The van der Waals surface area contributed by atoms with Crippen molar-refractivity contribution >= 4 is 62.9 Å². The van der Waals surface area contributed by atoms with Gasteiger partial charge in [-0.05, 0) is 31.5 Å². The van der Waals surface area contributed by atoms with E-state index in [1.165, 1.54) is 29.6 Å². The van der Waals surface area contributed by atoms with Crippen molar-refractivity contribution in [1.29, 1.82) is 0 Å². The molecule has 132 valence electrons. The normalized spacial score (nSPS) is 21.9. The molecule has 0 saturated heterocycles. The Hall–Kier alpha value is -0.520. The average Bonchev–Trinajstić information content (AvgIpc) is 2.53. The average molecular weight is 482 g/mol. The van der Waals surface area contributed by atoms with Crippen LogP contribution in [0.1, 0.15) is 18.9 Å². The number of carbonyl (C=O) groups is 1. The third kappa shape index (κ3) is 4.99. The highest BCUT2D eigenvalue weighted by Gasteiger charge is 2.32. The summed E-state index contributed by atoms with van der Waals surface area (Å²) in [6.45, 7) is 1.86. The van der Waals surface area contributed by atoms with Gasteiger partial charge in [0.1, 0.15) is 5.82 Å². The summed E-state index contributed by atoms with van der Waals surface area (Å²) in [5.41, 5.74) is 11.5. The Labute approximate surface area is 163 Å². The Morgan fingerprint density at radius 1 is 1.62 bits per heavy atom. The largest absolute Gasteiger partial charge is 0.379 e. The van der Waals surface area contributed by atoms with Crippen molar-refractivity contribution in [2.75, 3.05) is 22.7 Å². The van der Waals surface area contributed by atoms with Gasteiger partial charge in [0.15, 0.2) is 5.17 Å². The van der Waals surface area contributed by atoms with Crippen LogP contribution in [0, 0.1) is 5.82 Å². The number of nitrogens with two attached hydrogens (primary N) is 2. The number of anilines is 1. The number of benzene rings is 1. The van der Waals surface area contributed by atoms with E-state index in [2.05, 4.69) is 32.9 Å². The minimum Gasteiger partial charge on any atom is -0.379 e. The first-order valence-corrected chi connectivity index (χ1v) is 10.8. The first-order valence-electron chi connectivity index (χ1n) is 7.36. The lowest BCUT2D eigenvalue weighted by atomic mass is 9.89. The van der Waals surface area contributed by atoms with E-state index >= 15 is 0 Å². The number of amides is 1. The molecule has 24 heavy (non-hydrogen) atoms. The molecular weight excluding hydrogens is 462 g/mol. The van der Waals surface area contributed by atoms with E-state index in [1.54, 1.807) is 12.1 Å². The highest BCUT2D eigenvalue weighted by atomic mass is 127. The lowest BCUT2D eigenvalue weighted by molar-refractivity contribution is -0.115. The number of nitrogens with zero attached hydrogens (tertiary/aromatic N) is 1. The van der Waals surface area contributed by atoms with Crippen LogP contribution in [-0.4, -0.2) is 32.4 Å². The highest BCUT2D eigenvalue weighted by Crippen LogP contribution is 2.37. The molecule has 0 radical (unpaired) electrons. The number of rotatable bonds is 6. The summed E-state index contributed by atoms with van der Waals surface area (Å²) in [6.07, 6.45) is 0.689. The molecule has 1 aromatic rings. The number of aliphatic imine (C=N–C) groups is 1. The first kappa shape index (κ1) is 19.8. The van der Waals surface area contributed by atoms with E-state index < -0.39 is 5.54 Å². The van der Waals surface area contributed by atoms with Gasteiger partial charge in [0, 0.05) is 28.6 Å². The van der Waals surface area contributed by atoms with Crippen LogP contribution in [-0.2, 0) is 10.3 Å². The maximum Gasteiger partial charge on any atom is 0.238 e. The summed E-state index contributed by atoms with van der Waals surface area (Å²) in [5, 5.41) is 3.30. The Morgan fingerprint density at radius 2 is 2.38 bits per heavy atom. The molecule has 0 fully saturated rings. The summed E-state index contributed by atoms with van der Waals surface area (Å²) < 4.78 is 14.1. The predicted octanol–water partition coefficient (Wildman–Crippen LogP) is 2.88. The minimum atomic E-state index is -0.709. The van der Waals surface area contributed by atoms with Gasteiger partial charge in [0.05, 0.1) is 9.46 Å². The van der Waals surface area contributed by atoms with E-state index in [0.29, 0.717) is 34.5 Å². The van der Waals surface area contributed by atoms with Gasteiger partial charge in [-0.25, -0.2) is 4.39 Å². The Bertz CT molecular complexity index is 646. The topological polar surface area (TPSA) is 93.5 Å². The first-order chi connectivity index (χ1) is 11.4. The summed E-state index contributed by atoms with van der Waals surface area (Å²) in [7, 11) is 0. The van der Waals surface area contributed by atoms with Gasteiger partial charge in [-0.2, -0.15) is 0 Å². The summed E-state index contributed by atoms with van der Waals surface area (Å²) >= 11 is 5.05. The molecule has 0 saturated carbocycles. The number of thioether (sulfide) groups is 2. The van der Waals surface area contributed by atoms with E-state index in [4.69, 9.17) is 11.5 Å². The number of alkyl halides is 1. The molecule has 1 heterocycles. The molecule has 1 aromatic carbocycles. The third-order valence-electron chi connectivity index (χ3n) is 3.68. The van der Waals surface area contributed by atoms with Gasteiger partial charge in [-0.15, -0.1) is 11.8 Å². The van der Waals surface area contributed by atoms with Crippen molar-refractivity contribution < 1.29 is 9.18 Å². The van der Waals surface area contributed by atoms with Crippen LogP contribution in [0.2, 0.25) is 0 Å². The summed E-state index contributed by atoms with van der Waals surface area (Å²) in [4.78, 5) is 16.6. The number of halogens is 2. The number of amidine groups is 1. The molecule has 0 spiro atoms. The molecule has 0 aromatic heterocycles. The van der Waals surface area contributed by atoms with Crippen molar-refractivity contribution in [3.8, 4) is 0 Å². The standard InChI is InChI=1S/C15H20FIN4OS2/c1-15(4-5-24-14(19)21-15)10-6-9(2-3-11(10)16)20-13(22)12(17)7-23-8-18/h2-3,6,12H,4-5,7-8,18H2,1H3,(H2,19,21)(H,20,22). The monoisotopic (exact) mass is 482 g/mol. The van der Waals surface area contributed by atoms with E-state index in [9.17, 15) is 9.18 Å². The number of carbonyl (C=O) groups excluding carboxylic acids is 1. The van der Waals surface area contributed by atoms with Gasteiger partial charge < -0.3 is 16.8 Å². The van der Waals surface area contributed by atoms with Gasteiger partial charge in [-0.3, -0.25) is 9.79 Å². The molecule has 1 aliphatic heterocycles. The van der Waals surface area contributed by atoms with E-state index in [-0.39, 0.29) is 15.6 Å². The zero-order valence-electron chi connectivity index (χ0n) is 13.2.